The number of carbonyl (C=O) groups is 1. The zero-order chi connectivity index (χ0) is 13.0. The molecule has 0 bridgehead atoms. The van der Waals surface area contributed by atoms with Crippen molar-refractivity contribution in [1.82, 2.24) is 0 Å². The van der Waals surface area contributed by atoms with Crippen molar-refractivity contribution < 1.29 is 13.9 Å². The average Bonchev–Trinajstić information content (AvgIpc) is 2.38. The van der Waals surface area contributed by atoms with Crippen molar-refractivity contribution in [2.75, 3.05) is 6.61 Å². The van der Waals surface area contributed by atoms with E-state index in [0.29, 0.717) is 29.6 Å². The molecule has 1 aromatic heterocycles. The normalized spacial score (nSPS) is 10.5. The summed E-state index contributed by atoms with van der Waals surface area (Å²) < 4.78 is 10.6. The third-order valence-corrected chi connectivity index (χ3v) is 2.63. The summed E-state index contributed by atoms with van der Waals surface area (Å²) in [6, 6.07) is 6.75. The number of aldehydes is 1. The van der Waals surface area contributed by atoms with E-state index in [0.717, 1.165) is 12.8 Å². The van der Waals surface area contributed by atoms with Gasteiger partial charge in [-0.3, -0.25) is 4.79 Å². The fraction of sp³-hybridized carbons (Fsp3) is 0.286. The summed E-state index contributed by atoms with van der Waals surface area (Å²) >= 11 is 0. The van der Waals surface area contributed by atoms with E-state index >= 15 is 0 Å². The van der Waals surface area contributed by atoms with E-state index < -0.39 is 5.63 Å². The molecule has 0 N–H and O–H groups in total. The molecule has 0 spiro atoms. The predicted octanol–water partition coefficient (Wildman–Crippen LogP) is 2.78. The number of unbranched alkanes of at least 4 members (excludes halogenated alkanes) is 1. The molecule has 0 atom stereocenters. The van der Waals surface area contributed by atoms with Crippen molar-refractivity contribution in [1.29, 1.82) is 0 Å². The molecule has 18 heavy (non-hydrogen) atoms. The van der Waals surface area contributed by atoms with Crippen LogP contribution in [0.25, 0.3) is 11.0 Å². The van der Waals surface area contributed by atoms with Crippen LogP contribution in [0.15, 0.2) is 33.5 Å². The number of rotatable bonds is 5. The first-order chi connectivity index (χ1) is 8.74. The van der Waals surface area contributed by atoms with E-state index in [9.17, 15) is 9.59 Å². The summed E-state index contributed by atoms with van der Waals surface area (Å²) in [5, 5.41) is 0.708. The Morgan fingerprint density at radius 2 is 2.17 bits per heavy atom. The van der Waals surface area contributed by atoms with Gasteiger partial charge in [0.25, 0.3) is 0 Å². The maximum atomic E-state index is 11.4. The van der Waals surface area contributed by atoms with Crippen molar-refractivity contribution >= 4 is 17.3 Å². The van der Waals surface area contributed by atoms with Crippen LogP contribution in [0.3, 0.4) is 0 Å². The molecule has 0 fully saturated rings. The Bertz CT molecular complexity index is 613. The molecule has 2 rings (SSSR count). The van der Waals surface area contributed by atoms with Crippen LogP contribution in [-0.2, 0) is 0 Å². The lowest BCUT2D eigenvalue weighted by Gasteiger charge is -2.05. The molecule has 0 aliphatic carbocycles. The van der Waals surface area contributed by atoms with Crippen LogP contribution in [-0.4, -0.2) is 12.9 Å². The third kappa shape index (κ3) is 2.59. The van der Waals surface area contributed by atoms with Gasteiger partial charge in [0.15, 0.2) is 6.29 Å². The second-order valence-corrected chi connectivity index (χ2v) is 4.01. The second kappa shape index (κ2) is 5.49. The summed E-state index contributed by atoms with van der Waals surface area (Å²) in [5.41, 5.74) is -0.162. The second-order valence-electron chi connectivity index (χ2n) is 4.01. The first-order valence-electron chi connectivity index (χ1n) is 5.90. The van der Waals surface area contributed by atoms with Crippen molar-refractivity contribution in [2.24, 2.45) is 0 Å². The molecule has 94 valence electrons. The van der Waals surface area contributed by atoms with Crippen LogP contribution in [0.2, 0.25) is 0 Å². The lowest BCUT2D eigenvalue weighted by atomic mass is 10.2. The van der Waals surface area contributed by atoms with E-state index in [1.807, 2.05) is 0 Å². The lowest BCUT2D eigenvalue weighted by molar-refractivity contribution is 0.112. The highest BCUT2D eigenvalue weighted by molar-refractivity contribution is 5.84. The summed E-state index contributed by atoms with van der Waals surface area (Å²) in [6.45, 7) is 2.72. The highest BCUT2D eigenvalue weighted by Gasteiger charge is 2.05. The van der Waals surface area contributed by atoms with Crippen LogP contribution < -0.4 is 10.4 Å². The van der Waals surface area contributed by atoms with Crippen LogP contribution in [0.5, 0.6) is 5.75 Å². The van der Waals surface area contributed by atoms with Gasteiger partial charge in [0.05, 0.1) is 6.61 Å². The fourth-order valence-electron chi connectivity index (χ4n) is 1.61. The van der Waals surface area contributed by atoms with Gasteiger partial charge < -0.3 is 9.15 Å². The molecule has 0 unspecified atom stereocenters. The molecule has 1 aromatic carbocycles. The van der Waals surface area contributed by atoms with Crippen LogP contribution in [0.1, 0.15) is 30.1 Å². The number of hydrogen-bond acceptors (Lipinski definition) is 4. The highest BCUT2D eigenvalue weighted by Crippen LogP contribution is 2.20. The molecule has 0 radical (unpaired) electrons. The molecule has 0 amide bonds. The van der Waals surface area contributed by atoms with E-state index in [1.165, 1.54) is 6.07 Å². The zero-order valence-corrected chi connectivity index (χ0v) is 10.1. The van der Waals surface area contributed by atoms with E-state index in [-0.39, 0.29) is 5.56 Å². The maximum Gasteiger partial charge on any atom is 0.346 e. The van der Waals surface area contributed by atoms with Crippen molar-refractivity contribution in [2.45, 2.75) is 19.8 Å². The summed E-state index contributed by atoms with van der Waals surface area (Å²) in [7, 11) is 0. The van der Waals surface area contributed by atoms with Crippen molar-refractivity contribution in [3.8, 4) is 5.75 Å². The molecule has 0 saturated carbocycles. The zero-order valence-electron chi connectivity index (χ0n) is 10.1. The number of hydrogen-bond donors (Lipinski definition) is 0. The highest BCUT2D eigenvalue weighted by atomic mass is 16.5. The fourth-order valence-corrected chi connectivity index (χ4v) is 1.61. The minimum Gasteiger partial charge on any atom is -0.493 e. The number of fused-ring (bicyclic) bond motifs is 1. The molecular formula is C14H14O4. The predicted molar refractivity (Wildman–Crippen MR) is 68.3 cm³/mol. The van der Waals surface area contributed by atoms with Gasteiger partial charge in [0.2, 0.25) is 0 Å². The molecule has 0 saturated heterocycles. The topological polar surface area (TPSA) is 56.5 Å². The van der Waals surface area contributed by atoms with E-state index in [2.05, 4.69) is 6.92 Å². The average molecular weight is 246 g/mol. The van der Waals surface area contributed by atoms with Gasteiger partial charge in [0, 0.05) is 11.5 Å². The number of ether oxygens (including phenoxy) is 1. The van der Waals surface area contributed by atoms with Crippen LogP contribution in [0.4, 0.5) is 0 Å². The Balaban J connectivity index is 2.33. The first kappa shape index (κ1) is 12.4. The van der Waals surface area contributed by atoms with E-state index in [1.54, 1.807) is 18.2 Å². The van der Waals surface area contributed by atoms with Crippen LogP contribution in [0, 0.1) is 0 Å². The Hall–Kier alpha value is -2.10. The van der Waals surface area contributed by atoms with Crippen LogP contribution >= 0.6 is 0 Å². The minimum absolute atomic E-state index is 0.0298. The first-order valence-corrected chi connectivity index (χ1v) is 5.90. The maximum absolute atomic E-state index is 11.4. The molecule has 0 aliphatic rings. The lowest BCUT2D eigenvalue weighted by Crippen LogP contribution is -2.05. The number of carbonyl (C=O) groups excluding carboxylic acids is 1. The van der Waals surface area contributed by atoms with E-state index in [4.69, 9.17) is 9.15 Å². The SMILES string of the molecule is CCCCOc1ccc2cc(C=O)c(=O)oc2c1. The molecular weight excluding hydrogens is 232 g/mol. The smallest absolute Gasteiger partial charge is 0.346 e. The van der Waals surface area contributed by atoms with Crippen molar-refractivity contribution in [3.05, 3.63) is 40.2 Å². The Morgan fingerprint density at radius 1 is 1.33 bits per heavy atom. The molecule has 4 heteroatoms. The Morgan fingerprint density at radius 3 is 2.89 bits per heavy atom. The van der Waals surface area contributed by atoms with Gasteiger partial charge in [-0.2, -0.15) is 0 Å². The van der Waals surface area contributed by atoms with Gasteiger partial charge in [-0.25, -0.2) is 4.79 Å². The van der Waals surface area contributed by atoms with Gasteiger partial charge in [-0.05, 0) is 24.6 Å². The summed E-state index contributed by atoms with van der Waals surface area (Å²) in [6.07, 6.45) is 2.54. The van der Waals surface area contributed by atoms with Gasteiger partial charge >= 0.3 is 5.63 Å². The quantitative estimate of drug-likeness (QED) is 0.462. The van der Waals surface area contributed by atoms with Gasteiger partial charge in [-0.1, -0.05) is 13.3 Å². The monoisotopic (exact) mass is 246 g/mol. The third-order valence-electron chi connectivity index (χ3n) is 2.63. The van der Waals surface area contributed by atoms with Crippen molar-refractivity contribution in [3.63, 3.8) is 0 Å². The molecule has 0 aliphatic heterocycles. The standard InChI is InChI=1S/C14H14O4/c1-2-3-6-17-12-5-4-10-7-11(9-15)14(16)18-13(10)8-12/h4-5,7-9H,2-3,6H2,1H3. The minimum atomic E-state index is -0.622. The van der Waals surface area contributed by atoms with Gasteiger partial charge in [0.1, 0.15) is 16.9 Å². The largest absolute Gasteiger partial charge is 0.493 e. The summed E-state index contributed by atoms with van der Waals surface area (Å²) in [4.78, 5) is 22.0. The Labute approximate surface area is 104 Å². The Kier molecular flexibility index (Phi) is 3.77. The summed E-state index contributed by atoms with van der Waals surface area (Å²) in [5.74, 6) is 0.665. The molecule has 2 aromatic rings. The molecule has 4 nitrogen and oxygen atoms in total. The number of benzene rings is 1. The van der Waals surface area contributed by atoms with Gasteiger partial charge in [-0.15, -0.1) is 0 Å². The molecule has 1 heterocycles.